The number of benzene rings is 1. The van der Waals surface area contributed by atoms with E-state index in [-0.39, 0.29) is 17.3 Å². The van der Waals surface area contributed by atoms with Crippen molar-refractivity contribution in [1.29, 1.82) is 0 Å². The predicted octanol–water partition coefficient (Wildman–Crippen LogP) is 3.99. The van der Waals surface area contributed by atoms with E-state index in [1.54, 1.807) is 19.1 Å². The molecule has 0 aliphatic heterocycles. The molecule has 0 unspecified atom stereocenters. The molecule has 2 aromatic rings. The first kappa shape index (κ1) is 13.4. The van der Waals surface area contributed by atoms with Crippen molar-refractivity contribution in [2.45, 2.75) is 6.92 Å². The molecule has 7 heteroatoms. The number of pyridine rings is 1. The zero-order valence-electron chi connectivity index (χ0n) is 9.76. The molecule has 0 amide bonds. The van der Waals surface area contributed by atoms with Crippen LogP contribution in [0.4, 0.5) is 10.1 Å². The van der Waals surface area contributed by atoms with Gasteiger partial charge in [0, 0.05) is 16.2 Å². The number of nitro groups is 1. The van der Waals surface area contributed by atoms with Crippen molar-refractivity contribution in [1.82, 2.24) is 4.98 Å². The second kappa shape index (κ2) is 5.31. The second-order valence-electron chi connectivity index (χ2n) is 3.72. The monoisotopic (exact) mass is 326 g/mol. The number of nitrogens with zero attached hydrogens (tertiary/aromatic N) is 2. The summed E-state index contributed by atoms with van der Waals surface area (Å²) in [6, 6.07) is 5.74. The van der Waals surface area contributed by atoms with Gasteiger partial charge in [-0.3, -0.25) is 10.1 Å². The van der Waals surface area contributed by atoms with Crippen molar-refractivity contribution in [3.05, 3.63) is 56.4 Å². The molecule has 0 N–H and O–H groups in total. The third-order valence-corrected chi connectivity index (χ3v) is 2.80. The molecule has 0 saturated carbocycles. The number of ether oxygens (including phenoxy) is 1. The summed E-state index contributed by atoms with van der Waals surface area (Å²) in [5.41, 5.74) is 0.228. The van der Waals surface area contributed by atoms with E-state index < -0.39 is 10.7 Å². The fourth-order valence-electron chi connectivity index (χ4n) is 1.53. The lowest BCUT2D eigenvalue weighted by atomic mass is 10.2. The summed E-state index contributed by atoms with van der Waals surface area (Å²) in [5, 5.41) is 11.0. The Morgan fingerprint density at radius 2 is 2.21 bits per heavy atom. The molecule has 2 rings (SSSR count). The minimum atomic E-state index is -0.704. The van der Waals surface area contributed by atoms with Gasteiger partial charge in [0.25, 0.3) is 5.88 Å². The lowest BCUT2D eigenvalue weighted by Gasteiger charge is -2.07. The minimum Gasteiger partial charge on any atom is -0.429 e. The first-order chi connectivity index (χ1) is 8.99. The standard InChI is InChI=1S/C12H8BrFN2O3/c1-7-3-2-4-10(11(7)16(17)18)19-12-9(14)5-8(13)6-15-12/h2-6H,1H3. The van der Waals surface area contributed by atoms with Crippen molar-refractivity contribution in [3.8, 4) is 11.6 Å². The van der Waals surface area contributed by atoms with Crippen LogP contribution >= 0.6 is 15.9 Å². The van der Waals surface area contributed by atoms with Gasteiger partial charge in [0.05, 0.1) is 4.92 Å². The zero-order chi connectivity index (χ0) is 14.0. The Kier molecular flexibility index (Phi) is 3.75. The van der Waals surface area contributed by atoms with Gasteiger partial charge >= 0.3 is 5.69 Å². The molecule has 5 nitrogen and oxygen atoms in total. The third kappa shape index (κ3) is 2.87. The molecule has 0 aliphatic carbocycles. The van der Waals surface area contributed by atoms with E-state index in [0.717, 1.165) is 0 Å². The Hall–Kier alpha value is -2.02. The molecule has 0 fully saturated rings. The van der Waals surface area contributed by atoms with Gasteiger partial charge in [-0.2, -0.15) is 0 Å². The number of hydrogen-bond donors (Lipinski definition) is 0. The topological polar surface area (TPSA) is 65.3 Å². The number of rotatable bonds is 3. The highest BCUT2D eigenvalue weighted by Crippen LogP contribution is 2.34. The Morgan fingerprint density at radius 1 is 1.47 bits per heavy atom. The smallest absolute Gasteiger partial charge is 0.314 e. The molecular weight excluding hydrogens is 319 g/mol. The molecule has 0 atom stereocenters. The second-order valence-corrected chi connectivity index (χ2v) is 4.64. The SMILES string of the molecule is Cc1cccc(Oc2ncc(Br)cc2F)c1[N+](=O)[O-]. The summed E-state index contributed by atoms with van der Waals surface area (Å²) in [6.45, 7) is 1.58. The number of aryl methyl sites for hydroxylation is 1. The lowest BCUT2D eigenvalue weighted by Crippen LogP contribution is -1.98. The molecule has 0 bridgehead atoms. The Labute approximate surface area is 116 Å². The van der Waals surface area contributed by atoms with Crippen LogP contribution in [0.2, 0.25) is 0 Å². The van der Waals surface area contributed by atoms with Crippen LogP contribution in [0.5, 0.6) is 11.6 Å². The predicted molar refractivity (Wildman–Crippen MR) is 69.8 cm³/mol. The van der Waals surface area contributed by atoms with Gasteiger partial charge in [-0.25, -0.2) is 9.37 Å². The number of nitro benzene ring substituents is 1. The van der Waals surface area contributed by atoms with Gasteiger partial charge < -0.3 is 4.74 Å². The zero-order valence-corrected chi connectivity index (χ0v) is 11.3. The van der Waals surface area contributed by atoms with Gasteiger partial charge in [-0.1, -0.05) is 12.1 Å². The largest absolute Gasteiger partial charge is 0.429 e. The highest BCUT2D eigenvalue weighted by molar-refractivity contribution is 9.10. The highest BCUT2D eigenvalue weighted by Gasteiger charge is 2.20. The van der Waals surface area contributed by atoms with E-state index in [1.165, 1.54) is 18.3 Å². The van der Waals surface area contributed by atoms with Gasteiger partial charge in [0.15, 0.2) is 5.82 Å². The van der Waals surface area contributed by atoms with Gasteiger partial charge in [0.2, 0.25) is 5.75 Å². The van der Waals surface area contributed by atoms with Crippen molar-refractivity contribution in [2.75, 3.05) is 0 Å². The van der Waals surface area contributed by atoms with Gasteiger partial charge in [-0.15, -0.1) is 0 Å². The number of halogens is 2. The summed E-state index contributed by atoms with van der Waals surface area (Å²) in [6.07, 6.45) is 1.35. The van der Waals surface area contributed by atoms with E-state index in [9.17, 15) is 14.5 Å². The third-order valence-electron chi connectivity index (χ3n) is 2.36. The molecule has 0 aliphatic rings. The van der Waals surface area contributed by atoms with Crippen LogP contribution in [0.3, 0.4) is 0 Å². The van der Waals surface area contributed by atoms with E-state index in [2.05, 4.69) is 20.9 Å². The molecule has 19 heavy (non-hydrogen) atoms. The van der Waals surface area contributed by atoms with Gasteiger partial charge in [0.1, 0.15) is 0 Å². The molecule has 1 aromatic carbocycles. The fraction of sp³-hybridized carbons (Fsp3) is 0.0833. The summed E-state index contributed by atoms with van der Waals surface area (Å²) in [7, 11) is 0. The Morgan fingerprint density at radius 3 is 2.84 bits per heavy atom. The molecule has 0 spiro atoms. The normalized spacial score (nSPS) is 10.3. The molecule has 98 valence electrons. The average Bonchev–Trinajstić information content (AvgIpc) is 2.32. The Balaban J connectivity index is 2.44. The number of aromatic nitrogens is 1. The van der Waals surface area contributed by atoms with Crippen LogP contribution in [0.15, 0.2) is 34.9 Å². The van der Waals surface area contributed by atoms with E-state index in [0.29, 0.717) is 10.0 Å². The first-order valence-corrected chi connectivity index (χ1v) is 6.01. The van der Waals surface area contributed by atoms with Crippen molar-refractivity contribution in [2.24, 2.45) is 0 Å². The van der Waals surface area contributed by atoms with Crippen molar-refractivity contribution in [3.63, 3.8) is 0 Å². The maximum Gasteiger partial charge on any atom is 0.314 e. The van der Waals surface area contributed by atoms with Crippen LogP contribution in [0.1, 0.15) is 5.56 Å². The number of hydrogen-bond acceptors (Lipinski definition) is 4. The van der Waals surface area contributed by atoms with Crippen LogP contribution in [-0.4, -0.2) is 9.91 Å². The molecule has 0 radical (unpaired) electrons. The Bertz CT molecular complexity index is 649. The highest BCUT2D eigenvalue weighted by atomic mass is 79.9. The van der Waals surface area contributed by atoms with Gasteiger partial charge in [-0.05, 0) is 35.0 Å². The summed E-state index contributed by atoms with van der Waals surface area (Å²) < 4.78 is 19.2. The van der Waals surface area contributed by atoms with E-state index >= 15 is 0 Å². The van der Waals surface area contributed by atoms with E-state index in [4.69, 9.17) is 4.74 Å². The summed E-state index contributed by atoms with van der Waals surface area (Å²) in [5.74, 6) is -1.05. The molecule has 1 aromatic heterocycles. The maximum absolute atomic E-state index is 13.6. The molecular formula is C12H8BrFN2O3. The number of para-hydroxylation sites is 1. The average molecular weight is 327 g/mol. The van der Waals surface area contributed by atoms with Crippen LogP contribution in [0, 0.1) is 22.9 Å². The quantitative estimate of drug-likeness (QED) is 0.631. The molecule has 1 heterocycles. The lowest BCUT2D eigenvalue weighted by molar-refractivity contribution is -0.386. The van der Waals surface area contributed by atoms with Crippen molar-refractivity contribution >= 4 is 21.6 Å². The minimum absolute atomic E-state index is 0.0428. The van der Waals surface area contributed by atoms with Crippen LogP contribution < -0.4 is 4.74 Å². The fourth-order valence-corrected chi connectivity index (χ4v) is 1.83. The summed E-state index contributed by atoms with van der Waals surface area (Å²) >= 11 is 3.06. The summed E-state index contributed by atoms with van der Waals surface area (Å²) in [4.78, 5) is 14.1. The van der Waals surface area contributed by atoms with Crippen LogP contribution in [-0.2, 0) is 0 Å². The maximum atomic E-state index is 13.6. The van der Waals surface area contributed by atoms with Crippen LogP contribution in [0.25, 0.3) is 0 Å². The van der Waals surface area contributed by atoms with Crippen molar-refractivity contribution < 1.29 is 14.1 Å². The molecule has 0 saturated heterocycles. The first-order valence-electron chi connectivity index (χ1n) is 5.22. The van der Waals surface area contributed by atoms with E-state index in [1.807, 2.05) is 0 Å².